The normalized spacial score (nSPS) is 21.4. The molecular weight excluding hydrogens is 294 g/mol. The third kappa shape index (κ3) is 2.78. The predicted octanol–water partition coefficient (Wildman–Crippen LogP) is 1.07. The molecule has 4 rings (SSSR count). The molecule has 7 nitrogen and oxygen atoms in total. The number of pyridine rings is 1. The molecule has 2 aromatic heterocycles. The second kappa shape index (κ2) is 5.64. The van der Waals surface area contributed by atoms with E-state index in [0.29, 0.717) is 18.2 Å². The van der Waals surface area contributed by atoms with Gasteiger partial charge in [0.2, 0.25) is 5.91 Å². The number of hydrogen-bond acceptors (Lipinski definition) is 4. The summed E-state index contributed by atoms with van der Waals surface area (Å²) in [4.78, 5) is 33.3. The van der Waals surface area contributed by atoms with Crippen LogP contribution in [0, 0.1) is 5.92 Å². The molecule has 1 saturated carbocycles. The van der Waals surface area contributed by atoms with Gasteiger partial charge in [0, 0.05) is 31.1 Å². The third-order valence-electron chi connectivity index (χ3n) is 4.55. The molecule has 2 aliphatic rings. The van der Waals surface area contributed by atoms with Gasteiger partial charge in [-0.15, -0.1) is 5.10 Å². The van der Waals surface area contributed by atoms with Crippen LogP contribution in [-0.4, -0.2) is 43.6 Å². The Morgan fingerprint density at radius 1 is 1.26 bits per heavy atom. The van der Waals surface area contributed by atoms with Crippen LogP contribution < -0.4 is 5.69 Å². The van der Waals surface area contributed by atoms with Gasteiger partial charge in [0.1, 0.15) is 5.82 Å². The van der Waals surface area contributed by atoms with E-state index in [2.05, 4.69) is 15.1 Å². The van der Waals surface area contributed by atoms with E-state index in [0.717, 1.165) is 32.2 Å². The zero-order chi connectivity index (χ0) is 15.8. The van der Waals surface area contributed by atoms with Gasteiger partial charge in [0.25, 0.3) is 0 Å². The average Bonchev–Trinajstić information content (AvgIpc) is 3.37. The summed E-state index contributed by atoms with van der Waals surface area (Å²) in [5.41, 5.74) is -0.288. The molecule has 1 saturated heterocycles. The molecule has 2 fully saturated rings. The summed E-state index contributed by atoms with van der Waals surface area (Å²) in [6.45, 7) is 1.46. The number of aromatic nitrogens is 4. The van der Waals surface area contributed by atoms with E-state index in [1.54, 1.807) is 18.3 Å². The second-order valence-electron chi connectivity index (χ2n) is 6.31. The molecule has 0 spiro atoms. The van der Waals surface area contributed by atoms with E-state index in [-0.39, 0.29) is 23.4 Å². The van der Waals surface area contributed by atoms with Crippen LogP contribution in [0.15, 0.2) is 29.2 Å². The first-order valence-electron chi connectivity index (χ1n) is 8.12. The predicted molar refractivity (Wildman–Crippen MR) is 83.3 cm³/mol. The maximum absolute atomic E-state index is 12.2. The maximum atomic E-state index is 12.2. The number of amides is 1. The summed E-state index contributed by atoms with van der Waals surface area (Å²) in [6, 6.07) is 5.36. The van der Waals surface area contributed by atoms with Crippen molar-refractivity contribution in [2.75, 3.05) is 13.1 Å². The molecule has 0 bridgehead atoms. The van der Waals surface area contributed by atoms with Gasteiger partial charge in [0.05, 0.1) is 0 Å². The molecule has 23 heavy (non-hydrogen) atoms. The number of likely N-dealkylation sites (tertiary alicyclic amines) is 1. The molecule has 120 valence electrons. The third-order valence-corrected chi connectivity index (χ3v) is 4.55. The van der Waals surface area contributed by atoms with Gasteiger partial charge in [-0.05, 0) is 37.8 Å². The Morgan fingerprint density at radius 2 is 2.13 bits per heavy atom. The first kappa shape index (κ1) is 14.2. The van der Waals surface area contributed by atoms with Gasteiger partial charge in [-0.25, -0.2) is 9.78 Å². The highest BCUT2D eigenvalue weighted by molar-refractivity contribution is 5.81. The summed E-state index contributed by atoms with van der Waals surface area (Å²) in [5, 5.41) is 4.41. The number of rotatable bonds is 3. The van der Waals surface area contributed by atoms with Crippen LogP contribution in [0.5, 0.6) is 0 Å². The van der Waals surface area contributed by atoms with Crippen LogP contribution in [0.1, 0.15) is 37.4 Å². The standard InChI is InChI=1S/C16H19N5O2/c22-15(11-6-7-11)20-9-3-4-12(10-20)14-18-16(23)21(19-14)13-5-1-2-8-17-13/h1-2,5,8,11-12H,3-4,6-7,9-10H2,(H,18,19,23). The number of nitrogens with zero attached hydrogens (tertiary/aromatic N) is 4. The molecule has 0 aromatic carbocycles. The van der Waals surface area contributed by atoms with Crippen molar-refractivity contribution in [1.29, 1.82) is 0 Å². The lowest BCUT2D eigenvalue weighted by Crippen LogP contribution is -2.40. The number of aromatic amines is 1. The van der Waals surface area contributed by atoms with Gasteiger partial charge in [0.15, 0.2) is 5.82 Å². The fourth-order valence-electron chi connectivity index (χ4n) is 3.15. The van der Waals surface area contributed by atoms with Gasteiger partial charge in [-0.2, -0.15) is 4.68 Å². The molecule has 1 N–H and O–H groups in total. The van der Waals surface area contributed by atoms with E-state index in [1.807, 2.05) is 11.0 Å². The molecule has 7 heteroatoms. The van der Waals surface area contributed by atoms with Crippen LogP contribution in [-0.2, 0) is 4.79 Å². The van der Waals surface area contributed by atoms with E-state index in [1.165, 1.54) is 4.68 Å². The minimum atomic E-state index is -0.288. The Bertz CT molecular complexity index is 762. The SMILES string of the molecule is O=C(C1CC1)N1CCCC(c2nn(-c3ccccn3)c(=O)[nH]2)C1. The summed E-state index contributed by atoms with van der Waals surface area (Å²) in [5.74, 6) is 1.74. The van der Waals surface area contributed by atoms with E-state index >= 15 is 0 Å². The average molecular weight is 313 g/mol. The van der Waals surface area contributed by atoms with Gasteiger partial charge in [-0.3, -0.25) is 9.78 Å². The molecule has 2 aromatic rings. The molecule has 0 radical (unpaired) electrons. The van der Waals surface area contributed by atoms with Crippen LogP contribution in [0.4, 0.5) is 0 Å². The van der Waals surface area contributed by atoms with Crippen molar-refractivity contribution >= 4 is 5.91 Å². The topological polar surface area (TPSA) is 83.9 Å². The Labute approximate surface area is 133 Å². The quantitative estimate of drug-likeness (QED) is 0.919. The number of H-pyrrole nitrogens is 1. The summed E-state index contributed by atoms with van der Waals surface area (Å²) < 4.78 is 1.29. The lowest BCUT2D eigenvalue weighted by molar-refractivity contribution is -0.133. The van der Waals surface area contributed by atoms with Gasteiger partial charge >= 0.3 is 5.69 Å². The van der Waals surface area contributed by atoms with Crippen molar-refractivity contribution in [1.82, 2.24) is 24.6 Å². The highest BCUT2D eigenvalue weighted by Gasteiger charge is 2.36. The number of nitrogens with one attached hydrogen (secondary N) is 1. The zero-order valence-corrected chi connectivity index (χ0v) is 12.8. The van der Waals surface area contributed by atoms with Crippen molar-refractivity contribution in [3.8, 4) is 5.82 Å². The fraction of sp³-hybridized carbons (Fsp3) is 0.500. The van der Waals surface area contributed by atoms with Crippen molar-refractivity contribution in [2.45, 2.75) is 31.6 Å². The number of carbonyl (C=O) groups excluding carboxylic acids is 1. The van der Waals surface area contributed by atoms with Crippen LogP contribution in [0.3, 0.4) is 0 Å². The first-order valence-corrected chi connectivity index (χ1v) is 8.12. The maximum Gasteiger partial charge on any atom is 0.349 e. The van der Waals surface area contributed by atoms with Crippen molar-refractivity contribution < 1.29 is 4.79 Å². The van der Waals surface area contributed by atoms with Crippen LogP contribution >= 0.6 is 0 Å². The Morgan fingerprint density at radius 3 is 2.87 bits per heavy atom. The summed E-state index contributed by atoms with van der Waals surface area (Å²) in [6.07, 6.45) is 5.55. The highest BCUT2D eigenvalue weighted by atomic mass is 16.2. The molecule has 1 amide bonds. The van der Waals surface area contributed by atoms with Crippen LogP contribution in [0.2, 0.25) is 0 Å². The Hall–Kier alpha value is -2.44. The highest BCUT2D eigenvalue weighted by Crippen LogP contribution is 2.33. The number of carbonyl (C=O) groups is 1. The summed E-state index contributed by atoms with van der Waals surface area (Å²) in [7, 11) is 0. The van der Waals surface area contributed by atoms with E-state index in [4.69, 9.17) is 0 Å². The van der Waals surface area contributed by atoms with Crippen molar-refractivity contribution in [3.63, 3.8) is 0 Å². The largest absolute Gasteiger partial charge is 0.349 e. The Kier molecular flexibility index (Phi) is 3.48. The lowest BCUT2D eigenvalue weighted by atomic mass is 9.97. The van der Waals surface area contributed by atoms with Gasteiger partial charge in [-0.1, -0.05) is 6.07 Å². The number of hydrogen-bond donors (Lipinski definition) is 1. The lowest BCUT2D eigenvalue weighted by Gasteiger charge is -2.31. The molecule has 3 heterocycles. The number of piperidine rings is 1. The second-order valence-corrected chi connectivity index (χ2v) is 6.31. The zero-order valence-electron chi connectivity index (χ0n) is 12.8. The monoisotopic (exact) mass is 313 g/mol. The first-order chi connectivity index (χ1) is 11.2. The molecule has 1 atom stereocenters. The fourth-order valence-corrected chi connectivity index (χ4v) is 3.15. The van der Waals surface area contributed by atoms with Crippen molar-refractivity contribution in [3.05, 3.63) is 40.7 Å². The van der Waals surface area contributed by atoms with Crippen LogP contribution in [0.25, 0.3) is 5.82 Å². The summed E-state index contributed by atoms with van der Waals surface area (Å²) >= 11 is 0. The molecule has 1 aliphatic heterocycles. The molecule has 1 unspecified atom stereocenters. The van der Waals surface area contributed by atoms with Crippen molar-refractivity contribution in [2.24, 2.45) is 5.92 Å². The molecule has 1 aliphatic carbocycles. The smallest absolute Gasteiger partial charge is 0.342 e. The van der Waals surface area contributed by atoms with Gasteiger partial charge < -0.3 is 4.90 Å². The van der Waals surface area contributed by atoms with E-state index in [9.17, 15) is 9.59 Å². The minimum Gasteiger partial charge on any atom is -0.342 e. The Balaban J connectivity index is 1.56. The van der Waals surface area contributed by atoms with E-state index < -0.39 is 0 Å². The minimum absolute atomic E-state index is 0.0871. The molecular formula is C16H19N5O2.